The summed E-state index contributed by atoms with van der Waals surface area (Å²) in [6, 6.07) is 4.45. The van der Waals surface area contributed by atoms with E-state index in [1.807, 2.05) is 0 Å². The van der Waals surface area contributed by atoms with Gasteiger partial charge in [-0.1, -0.05) is 34.1 Å². The third-order valence-corrected chi connectivity index (χ3v) is 3.13. The molecule has 0 aromatic heterocycles. The number of benzene rings is 1. The number of rotatable bonds is 2. The van der Waals surface area contributed by atoms with E-state index in [0.717, 1.165) is 12.1 Å². The van der Waals surface area contributed by atoms with Crippen molar-refractivity contribution in [3.8, 4) is 0 Å². The Kier molecular flexibility index (Phi) is 3.78. The fourth-order valence-electron chi connectivity index (χ4n) is 1.00. The van der Waals surface area contributed by atoms with Crippen LogP contribution in [0.1, 0.15) is 16.0 Å². The Labute approximate surface area is 97.4 Å². The van der Waals surface area contributed by atoms with Crippen LogP contribution in [0.2, 0.25) is 0 Å². The second-order valence-electron chi connectivity index (χ2n) is 2.79. The summed E-state index contributed by atoms with van der Waals surface area (Å²) >= 11 is 8.06. The minimum Gasteiger partial charge on any atom is -0.280 e. The molecule has 1 nitrogen and oxygen atoms in total. The van der Waals surface area contributed by atoms with Crippen LogP contribution in [0.3, 0.4) is 0 Å². The first-order chi connectivity index (χ1) is 6.82. The SMILES string of the molecule is O=C(Cl)C(Br)c1cccc(C(F)(F)F)c1. The quantitative estimate of drug-likeness (QED) is 0.598. The molecule has 82 valence electrons. The zero-order chi connectivity index (χ0) is 11.6. The van der Waals surface area contributed by atoms with Gasteiger partial charge in [-0.3, -0.25) is 4.79 Å². The Balaban J connectivity index is 3.08. The van der Waals surface area contributed by atoms with Gasteiger partial charge in [-0.25, -0.2) is 0 Å². The van der Waals surface area contributed by atoms with E-state index >= 15 is 0 Å². The zero-order valence-electron chi connectivity index (χ0n) is 7.18. The molecule has 0 aliphatic heterocycles. The summed E-state index contributed by atoms with van der Waals surface area (Å²) in [5.41, 5.74) is -0.618. The van der Waals surface area contributed by atoms with Crippen molar-refractivity contribution in [3.63, 3.8) is 0 Å². The Morgan fingerprint density at radius 3 is 2.47 bits per heavy atom. The molecule has 0 fully saturated rings. The van der Waals surface area contributed by atoms with Gasteiger partial charge in [0.2, 0.25) is 5.24 Å². The number of carbonyl (C=O) groups excluding carboxylic acids is 1. The van der Waals surface area contributed by atoms with Crippen molar-refractivity contribution in [2.45, 2.75) is 11.0 Å². The van der Waals surface area contributed by atoms with E-state index in [4.69, 9.17) is 11.6 Å². The maximum absolute atomic E-state index is 12.3. The maximum atomic E-state index is 12.3. The molecule has 1 rings (SSSR count). The van der Waals surface area contributed by atoms with Crippen molar-refractivity contribution in [3.05, 3.63) is 35.4 Å². The monoisotopic (exact) mass is 300 g/mol. The van der Waals surface area contributed by atoms with Gasteiger partial charge in [0.05, 0.1) is 5.56 Å². The van der Waals surface area contributed by atoms with Gasteiger partial charge in [-0.15, -0.1) is 0 Å². The molecule has 0 spiro atoms. The van der Waals surface area contributed by atoms with Crippen LogP contribution >= 0.6 is 27.5 Å². The van der Waals surface area contributed by atoms with Crippen LogP contribution in [0.15, 0.2) is 24.3 Å². The van der Waals surface area contributed by atoms with Crippen LogP contribution in [0, 0.1) is 0 Å². The first-order valence-electron chi connectivity index (χ1n) is 3.83. The Morgan fingerprint density at radius 1 is 1.40 bits per heavy atom. The third kappa shape index (κ3) is 3.21. The highest BCUT2D eigenvalue weighted by molar-refractivity contribution is 9.09. The van der Waals surface area contributed by atoms with Crippen LogP contribution < -0.4 is 0 Å². The predicted molar refractivity (Wildman–Crippen MR) is 54.0 cm³/mol. The maximum Gasteiger partial charge on any atom is 0.416 e. The molecule has 0 aliphatic carbocycles. The van der Waals surface area contributed by atoms with Crippen molar-refractivity contribution in [1.29, 1.82) is 0 Å². The molecule has 0 heterocycles. The largest absolute Gasteiger partial charge is 0.416 e. The van der Waals surface area contributed by atoms with Crippen molar-refractivity contribution < 1.29 is 18.0 Å². The minimum atomic E-state index is -4.42. The number of carbonyl (C=O) groups is 1. The summed E-state index contributed by atoms with van der Waals surface area (Å²) in [7, 11) is 0. The molecular weight excluding hydrogens is 296 g/mol. The van der Waals surface area contributed by atoms with Gasteiger partial charge in [-0.05, 0) is 23.2 Å². The minimum absolute atomic E-state index is 0.185. The van der Waals surface area contributed by atoms with E-state index in [1.165, 1.54) is 12.1 Å². The smallest absolute Gasteiger partial charge is 0.280 e. The molecule has 0 aliphatic rings. The number of alkyl halides is 4. The van der Waals surface area contributed by atoms with Gasteiger partial charge < -0.3 is 0 Å². The van der Waals surface area contributed by atoms with E-state index in [0.29, 0.717) is 0 Å². The average molecular weight is 301 g/mol. The van der Waals surface area contributed by atoms with Gasteiger partial charge in [0.25, 0.3) is 0 Å². The average Bonchev–Trinajstić information content (AvgIpc) is 2.15. The molecule has 1 unspecified atom stereocenters. The topological polar surface area (TPSA) is 17.1 Å². The third-order valence-electron chi connectivity index (χ3n) is 1.71. The molecule has 0 bridgehead atoms. The number of hydrogen-bond acceptors (Lipinski definition) is 1. The highest BCUT2D eigenvalue weighted by Crippen LogP contribution is 2.33. The van der Waals surface area contributed by atoms with Gasteiger partial charge in [-0.2, -0.15) is 13.2 Å². The Hall–Kier alpha value is -0.550. The van der Waals surface area contributed by atoms with Crippen LogP contribution in [0.5, 0.6) is 0 Å². The fraction of sp³-hybridized carbons (Fsp3) is 0.222. The molecule has 0 radical (unpaired) electrons. The summed E-state index contributed by atoms with van der Waals surface area (Å²) in [6.45, 7) is 0. The molecule has 0 saturated heterocycles. The van der Waals surface area contributed by atoms with Crippen LogP contribution in [0.25, 0.3) is 0 Å². The lowest BCUT2D eigenvalue weighted by Crippen LogP contribution is -2.07. The zero-order valence-corrected chi connectivity index (χ0v) is 9.53. The van der Waals surface area contributed by atoms with E-state index in [-0.39, 0.29) is 5.56 Å². The number of halogens is 5. The molecule has 15 heavy (non-hydrogen) atoms. The van der Waals surface area contributed by atoms with Gasteiger partial charge in [0.1, 0.15) is 4.83 Å². The normalized spacial score (nSPS) is 13.7. The molecule has 1 aromatic rings. The lowest BCUT2D eigenvalue weighted by Gasteiger charge is -2.10. The standard InChI is InChI=1S/C9H5BrClF3O/c10-7(8(11)15)5-2-1-3-6(4-5)9(12,13)14/h1-4,7H. The number of hydrogen-bond donors (Lipinski definition) is 0. The van der Waals surface area contributed by atoms with Crippen molar-refractivity contribution in [2.75, 3.05) is 0 Å². The van der Waals surface area contributed by atoms with Crippen molar-refractivity contribution in [1.82, 2.24) is 0 Å². The molecular formula is C9H5BrClF3O. The first kappa shape index (κ1) is 12.5. The van der Waals surface area contributed by atoms with Crippen molar-refractivity contribution in [2.24, 2.45) is 0 Å². The van der Waals surface area contributed by atoms with E-state index < -0.39 is 21.8 Å². The predicted octanol–water partition coefficient (Wildman–Crippen LogP) is 3.91. The summed E-state index contributed by atoms with van der Waals surface area (Å²) < 4.78 is 36.9. The molecule has 0 N–H and O–H groups in total. The second kappa shape index (κ2) is 4.53. The van der Waals surface area contributed by atoms with E-state index in [2.05, 4.69) is 15.9 Å². The molecule has 1 atom stereocenters. The first-order valence-corrected chi connectivity index (χ1v) is 5.12. The lowest BCUT2D eigenvalue weighted by atomic mass is 10.1. The highest BCUT2D eigenvalue weighted by Gasteiger charge is 2.31. The fourth-order valence-corrected chi connectivity index (χ4v) is 1.41. The van der Waals surface area contributed by atoms with Crippen LogP contribution in [0.4, 0.5) is 13.2 Å². The lowest BCUT2D eigenvalue weighted by molar-refractivity contribution is -0.137. The Morgan fingerprint density at radius 2 is 2.00 bits per heavy atom. The van der Waals surface area contributed by atoms with Gasteiger partial charge in [0.15, 0.2) is 0 Å². The second-order valence-corrected chi connectivity index (χ2v) is 4.08. The van der Waals surface area contributed by atoms with E-state index in [1.54, 1.807) is 0 Å². The molecule has 0 amide bonds. The Bertz CT molecular complexity index is 378. The molecule has 6 heteroatoms. The van der Waals surface area contributed by atoms with Crippen LogP contribution in [-0.4, -0.2) is 5.24 Å². The van der Waals surface area contributed by atoms with Crippen molar-refractivity contribution >= 4 is 32.8 Å². The highest BCUT2D eigenvalue weighted by atomic mass is 79.9. The summed E-state index contributed by atoms with van der Waals surface area (Å²) in [5, 5.41) is -0.755. The summed E-state index contributed by atoms with van der Waals surface area (Å²) in [5.74, 6) is 0. The summed E-state index contributed by atoms with van der Waals surface area (Å²) in [4.78, 5) is 9.83. The van der Waals surface area contributed by atoms with Gasteiger partial charge >= 0.3 is 6.18 Å². The summed E-state index contributed by atoms with van der Waals surface area (Å²) in [6.07, 6.45) is -4.42. The van der Waals surface area contributed by atoms with E-state index in [9.17, 15) is 18.0 Å². The van der Waals surface area contributed by atoms with Gasteiger partial charge in [0, 0.05) is 0 Å². The molecule has 0 saturated carbocycles. The molecule has 1 aromatic carbocycles. The van der Waals surface area contributed by atoms with Crippen LogP contribution in [-0.2, 0) is 11.0 Å².